The standard InChI is InChI=1S/C34H51FN8O4S/c1-25(2)43(26(3)4)33(44)29-18-28(35)6-7-30(29)47-31-19-37-24-38-32(31)40-22-34(23-40)9-15-39(16-10-34)20-27-8-14-42(21-27)48(45,46)41-13-5-11-36-12-17-41/h6-7,18-19,24-27,36H,5,8-17,20-23H2,1-4H3/t27-/m0/s1. The smallest absolute Gasteiger partial charge is 0.282 e. The van der Waals surface area contributed by atoms with Gasteiger partial charge in [-0.2, -0.15) is 17.0 Å². The number of carbonyl (C=O) groups excluding carboxylic acids is 1. The van der Waals surface area contributed by atoms with Crippen LogP contribution in [0.4, 0.5) is 10.2 Å². The fourth-order valence-electron chi connectivity index (χ4n) is 7.88. The summed E-state index contributed by atoms with van der Waals surface area (Å²) in [5.74, 6) is 0.938. The molecule has 12 nitrogen and oxygen atoms in total. The van der Waals surface area contributed by atoms with Gasteiger partial charge in [0, 0.05) is 69.9 Å². The number of rotatable bonds is 10. The van der Waals surface area contributed by atoms with Gasteiger partial charge in [-0.05, 0) is 97.1 Å². The second kappa shape index (κ2) is 14.5. The van der Waals surface area contributed by atoms with Crippen molar-refractivity contribution in [3.63, 3.8) is 0 Å². The molecule has 2 aromatic rings. The van der Waals surface area contributed by atoms with E-state index in [-0.39, 0.29) is 34.7 Å². The van der Waals surface area contributed by atoms with E-state index in [9.17, 15) is 17.6 Å². The summed E-state index contributed by atoms with van der Waals surface area (Å²) in [4.78, 5) is 28.7. The maximum Gasteiger partial charge on any atom is 0.282 e. The molecule has 1 N–H and O–H groups in total. The highest BCUT2D eigenvalue weighted by Crippen LogP contribution is 2.45. The first-order chi connectivity index (χ1) is 23.0. The van der Waals surface area contributed by atoms with Crippen LogP contribution in [0, 0.1) is 17.2 Å². The number of aromatic nitrogens is 2. The molecule has 0 unspecified atom stereocenters. The normalized spacial score (nSPS) is 22.6. The van der Waals surface area contributed by atoms with E-state index in [4.69, 9.17) is 4.74 Å². The summed E-state index contributed by atoms with van der Waals surface area (Å²) in [5.41, 5.74) is 0.359. The molecule has 6 rings (SSSR count). The van der Waals surface area contributed by atoms with Crippen molar-refractivity contribution in [3.05, 3.63) is 42.1 Å². The number of amides is 1. The average molecular weight is 687 g/mol. The lowest BCUT2D eigenvalue weighted by molar-refractivity contribution is 0.0640. The Kier molecular flexibility index (Phi) is 10.6. The monoisotopic (exact) mass is 686 g/mol. The van der Waals surface area contributed by atoms with E-state index in [0.717, 1.165) is 65.0 Å². The molecule has 0 saturated carbocycles. The molecule has 1 amide bonds. The Morgan fingerprint density at radius 1 is 1.04 bits per heavy atom. The summed E-state index contributed by atoms with van der Waals surface area (Å²) in [7, 11) is -3.40. The summed E-state index contributed by atoms with van der Waals surface area (Å²) >= 11 is 0. The molecule has 0 bridgehead atoms. The van der Waals surface area contributed by atoms with Gasteiger partial charge in [0.25, 0.3) is 16.1 Å². The van der Waals surface area contributed by atoms with Crippen LogP contribution < -0.4 is 15.0 Å². The fourth-order valence-corrected chi connectivity index (χ4v) is 9.62. The molecule has 48 heavy (non-hydrogen) atoms. The summed E-state index contributed by atoms with van der Waals surface area (Å²) < 4.78 is 50.6. The Labute approximate surface area is 284 Å². The lowest BCUT2D eigenvalue weighted by Crippen LogP contribution is -2.61. The van der Waals surface area contributed by atoms with Crippen LogP contribution in [0.1, 0.15) is 63.7 Å². The van der Waals surface area contributed by atoms with E-state index < -0.39 is 16.0 Å². The topological polar surface area (TPSA) is 114 Å². The molecule has 14 heteroatoms. The van der Waals surface area contributed by atoms with Gasteiger partial charge in [0.1, 0.15) is 17.9 Å². The van der Waals surface area contributed by atoms with Gasteiger partial charge in [-0.3, -0.25) is 4.79 Å². The zero-order chi connectivity index (χ0) is 34.1. The Balaban J connectivity index is 1.04. The van der Waals surface area contributed by atoms with Crippen LogP contribution in [0.2, 0.25) is 0 Å². The van der Waals surface area contributed by atoms with Crippen molar-refractivity contribution in [2.24, 2.45) is 11.3 Å². The maximum absolute atomic E-state index is 14.4. The summed E-state index contributed by atoms with van der Waals surface area (Å²) in [5, 5.41) is 3.29. The van der Waals surface area contributed by atoms with E-state index in [1.807, 2.05) is 27.7 Å². The number of nitrogens with one attached hydrogen (secondary N) is 1. The number of anilines is 1. The van der Waals surface area contributed by atoms with E-state index in [1.54, 1.807) is 19.7 Å². The molecule has 1 aromatic carbocycles. The Morgan fingerprint density at radius 2 is 1.79 bits per heavy atom. The molecule has 4 aliphatic heterocycles. The first-order valence-corrected chi connectivity index (χ1v) is 18.9. The first-order valence-electron chi connectivity index (χ1n) is 17.5. The number of nitrogens with zero attached hydrogens (tertiary/aromatic N) is 7. The van der Waals surface area contributed by atoms with Crippen LogP contribution in [0.25, 0.3) is 0 Å². The molecule has 5 heterocycles. The third-order valence-corrected chi connectivity index (χ3v) is 12.4. The number of hydrogen-bond acceptors (Lipinski definition) is 9. The maximum atomic E-state index is 14.4. The van der Waals surface area contributed by atoms with Gasteiger partial charge in [-0.25, -0.2) is 14.4 Å². The van der Waals surface area contributed by atoms with Crippen LogP contribution in [0.3, 0.4) is 0 Å². The van der Waals surface area contributed by atoms with Crippen molar-refractivity contribution >= 4 is 21.9 Å². The average Bonchev–Trinajstić information content (AvgIpc) is 3.33. The number of halogens is 1. The molecule has 1 atom stereocenters. The van der Waals surface area contributed by atoms with Gasteiger partial charge in [0.2, 0.25) is 0 Å². The molecule has 0 aliphatic carbocycles. The van der Waals surface area contributed by atoms with E-state index in [2.05, 4.69) is 25.1 Å². The van der Waals surface area contributed by atoms with Crippen molar-refractivity contribution in [2.75, 3.05) is 76.9 Å². The summed E-state index contributed by atoms with van der Waals surface area (Å²) in [6, 6.07) is 3.90. The molecule has 0 radical (unpaired) electrons. The van der Waals surface area contributed by atoms with Crippen molar-refractivity contribution in [3.8, 4) is 11.5 Å². The Morgan fingerprint density at radius 3 is 2.52 bits per heavy atom. The third-order valence-electron chi connectivity index (χ3n) is 10.4. The number of piperidine rings is 1. The number of hydrogen-bond donors (Lipinski definition) is 1. The number of carbonyl (C=O) groups is 1. The Hall–Kier alpha value is -2.91. The van der Waals surface area contributed by atoms with Crippen molar-refractivity contribution in [1.82, 2.24) is 33.7 Å². The van der Waals surface area contributed by atoms with E-state index in [0.29, 0.717) is 50.2 Å². The van der Waals surface area contributed by atoms with E-state index in [1.165, 1.54) is 24.5 Å². The molecular weight excluding hydrogens is 635 g/mol. The van der Waals surface area contributed by atoms with Gasteiger partial charge in [-0.1, -0.05) is 0 Å². The van der Waals surface area contributed by atoms with Crippen LogP contribution >= 0.6 is 0 Å². The predicted molar refractivity (Wildman–Crippen MR) is 183 cm³/mol. The minimum atomic E-state index is -3.40. The summed E-state index contributed by atoms with van der Waals surface area (Å²) in [6.45, 7) is 16.3. The quantitative estimate of drug-likeness (QED) is 0.402. The number of ether oxygens (including phenoxy) is 1. The van der Waals surface area contributed by atoms with Crippen molar-refractivity contribution in [1.29, 1.82) is 0 Å². The van der Waals surface area contributed by atoms with E-state index >= 15 is 0 Å². The Bertz CT molecular complexity index is 1530. The highest BCUT2D eigenvalue weighted by molar-refractivity contribution is 7.86. The van der Waals surface area contributed by atoms with Gasteiger partial charge >= 0.3 is 0 Å². The van der Waals surface area contributed by atoms with Crippen molar-refractivity contribution in [2.45, 2.75) is 65.5 Å². The van der Waals surface area contributed by atoms with Gasteiger partial charge in [0.05, 0.1) is 11.8 Å². The predicted octanol–water partition coefficient (Wildman–Crippen LogP) is 3.43. The molecule has 4 saturated heterocycles. The second-order valence-corrected chi connectivity index (χ2v) is 16.5. The van der Waals surface area contributed by atoms with Gasteiger partial charge in [-0.15, -0.1) is 0 Å². The molecule has 4 fully saturated rings. The largest absolute Gasteiger partial charge is 0.451 e. The highest BCUT2D eigenvalue weighted by Gasteiger charge is 2.47. The second-order valence-electron chi connectivity index (χ2n) is 14.5. The van der Waals surface area contributed by atoms with Crippen LogP contribution in [-0.2, 0) is 10.2 Å². The minimum absolute atomic E-state index is 0.0657. The SMILES string of the molecule is CC(C)N(C(=O)c1cc(F)ccc1Oc1cncnc1N1CC2(CCN(C[C@@H]3CCN(S(=O)(=O)N4CCCNCC4)C3)CC2)C1)C(C)C. The van der Waals surface area contributed by atoms with Gasteiger partial charge < -0.3 is 24.8 Å². The highest BCUT2D eigenvalue weighted by atomic mass is 32.2. The first kappa shape index (κ1) is 34.9. The third kappa shape index (κ3) is 7.47. The zero-order valence-corrected chi connectivity index (χ0v) is 29.6. The molecule has 4 aliphatic rings. The molecular formula is C34H51FN8O4S. The minimum Gasteiger partial charge on any atom is -0.451 e. The number of likely N-dealkylation sites (tertiary alicyclic amines) is 1. The molecule has 1 spiro atoms. The number of benzene rings is 1. The lowest BCUT2D eigenvalue weighted by atomic mass is 9.72. The molecule has 264 valence electrons. The summed E-state index contributed by atoms with van der Waals surface area (Å²) in [6.07, 6.45) is 6.99. The van der Waals surface area contributed by atoms with Gasteiger partial charge in [0.15, 0.2) is 11.6 Å². The molecule has 1 aromatic heterocycles. The van der Waals surface area contributed by atoms with Crippen molar-refractivity contribution < 1.29 is 22.3 Å². The lowest BCUT2D eigenvalue weighted by Gasteiger charge is -2.54. The van der Waals surface area contributed by atoms with Crippen LogP contribution in [0.15, 0.2) is 30.7 Å². The fraction of sp³-hybridized carbons (Fsp3) is 0.676. The van der Waals surface area contributed by atoms with Crippen LogP contribution in [0.5, 0.6) is 11.5 Å². The van der Waals surface area contributed by atoms with Crippen LogP contribution in [-0.4, -0.2) is 127 Å². The zero-order valence-electron chi connectivity index (χ0n) is 28.8.